The average Bonchev–Trinajstić information content (AvgIpc) is 2.83. The first kappa shape index (κ1) is 16.0. The van der Waals surface area contributed by atoms with Gasteiger partial charge in [-0.15, -0.1) is 0 Å². The van der Waals surface area contributed by atoms with Crippen LogP contribution in [0.5, 0.6) is 0 Å². The Labute approximate surface area is 142 Å². The van der Waals surface area contributed by atoms with Crippen LogP contribution in [0.4, 0.5) is 0 Å². The summed E-state index contributed by atoms with van der Waals surface area (Å²) >= 11 is 5.98. The van der Waals surface area contributed by atoms with Crippen molar-refractivity contribution in [2.45, 2.75) is 25.8 Å². The number of nitrogens with one attached hydrogen (secondary N) is 1. The molecule has 0 aliphatic carbocycles. The zero-order valence-corrected chi connectivity index (χ0v) is 15.5. The van der Waals surface area contributed by atoms with Crippen LogP contribution in [0.2, 0.25) is 0 Å². The van der Waals surface area contributed by atoms with Crippen molar-refractivity contribution in [2.24, 2.45) is 7.05 Å². The molecule has 0 fully saturated rings. The van der Waals surface area contributed by atoms with E-state index in [4.69, 9.17) is 0 Å². The lowest BCUT2D eigenvalue weighted by Crippen LogP contribution is -2.22. The van der Waals surface area contributed by atoms with Crippen molar-refractivity contribution in [1.29, 1.82) is 0 Å². The lowest BCUT2D eigenvalue weighted by atomic mass is 10.0. The smallest absolute Gasteiger partial charge is 0.108 e. The number of nitrogens with zero attached hydrogens (tertiary/aromatic N) is 2. The van der Waals surface area contributed by atoms with Crippen molar-refractivity contribution in [2.75, 3.05) is 6.54 Å². The molecule has 5 heteroatoms. The Morgan fingerprint density at radius 3 is 2.90 bits per heavy atom. The number of imidazole rings is 1. The Morgan fingerprint density at radius 2 is 2.25 bits per heavy atom. The van der Waals surface area contributed by atoms with Gasteiger partial charge in [0.2, 0.25) is 0 Å². The standard InChI is InChI=1S/C15H19BrIN3/c1-3-18-14(6-7-15-19-8-9-20(15)2)12-10-11(16)4-5-13(12)17/h4-5,8-10,14,18H,3,6-7H2,1-2H3. The van der Waals surface area contributed by atoms with E-state index in [2.05, 4.69) is 78.5 Å². The number of benzene rings is 1. The van der Waals surface area contributed by atoms with E-state index < -0.39 is 0 Å². The molecule has 0 saturated carbocycles. The van der Waals surface area contributed by atoms with Crippen molar-refractivity contribution in [1.82, 2.24) is 14.9 Å². The van der Waals surface area contributed by atoms with Crippen molar-refractivity contribution in [3.63, 3.8) is 0 Å². The third kappa shape index (κ3) is 4.05. The predicted octanol–water partition coefficient (Wildman–Crippen LogP) is 4.07. The van der Waals surface area contributed by atoms with E-state index in [-0.39, 0.29) is 0 Å². The van der Waals surface area contributed by atoms with Gasteiger partial charge < -0.3 is 9.88 Å². The van der Waals surface area contributed by atoms with Crippen molar-refractivity contribution in [3.05, 3.63) is 50.0 Å². The summed E-state index contributed by atoms with van der Waals surface area (Å²) in [5.41, 5.74) is 1.36. The molecule has 0 bridgehead atoms. The Bertz CT molecular complexity index is 568. The van der Waals surface area contributed by atoms with Gasteiger partial charge in [-0.3, -0.25) is 0 Å². The monoisotopic (exact) mass is 447 g/mol. The van der Waals surface area contributed by atoms with Crippen LogP contribution in [0, 0.1) is 3.57 Å². The Hall–Kier alpha value is -0.400. The average molecular weight is 448 g/mol. The molecular weight excluding hydrogens is 429 g/mol. The van der Waals surface area contributed by atoms with Gasteiger partial charge in [-0.2, -0.15) is 0 Å². The molecule has 0 saturated heterocycles. The highest BCUT2D eigenvalue weighted by molar-refractivity contribution is 14.1. The number of aryl methyl sites for hydroxylation is 2. The minimum absolute atomic E-state index is 0.362. The van der Waals surface area contributed by atoms with Crippen LogP contribution >= 0.6 is 38.5 Å². The first-order chi connectivity index (χ1) is 9.61. The summed E-state index contributed by atoms with van der Waals surface area (Å²) in [7, 11) is 2.05. The normalized spacial score (nSPS) is 12.6. The summed E-state index contributed by atoms with van der Waals surface area (Å²) in [5, 5.41) is 3.59. The number of hydrogen-bond donors (Lipinski definition) is 1. The second kappa shape index (κ2) is 7.56. The molecule has 0 amide bonds. The molecule has 0 spiro atoms. The number of rotatable bonds is 6. The molecule has 2 aromatic rings. The predicted molar refractivity (Wildman–Crippen MR) is 94.8 cm³/mol. The summed E-state index contributed by atoms with van der Waals surface area (Å²) in [5.74, 6) is 1.14. The lowest BCUT2D eigenvalue weighted by molar-refractivity contribution is 0.504. The fourth-order valence-corrected chi connectivity index (χ4v) is 3.40. The summed E-state index contributed by atoms with van der Waals surface area (Å²) in [6, 6.07) is 6.83. The Balaban J connectivity index is 2.14. The first-order valence-corrected chi connectivity index (χ1v) is 8.63. The van der Waals surface area contributed by atoms with Crippen molar-refractivity contribution >= 4 is 38.5 Å². The summed E-state index contributed by atoms with van der Waals surface area (Å²) in [4.78, 5) is 4.41. The molecular formula is C15H19BrIN3. The van der Waals surface area contributed by atoms with Crippen LogP contribution in [0.1, 0.15) is 30.8 Å². The van der Waals surface area contributed by atoms with Gasteiger partial charge in [0.15, 0.2) is 0 Å². The van der Waals surface area contributed by atoms with E-state index in [1.165, 1.54) is 9.13 Å². The van der Waals surface area contributed by atoms with Crippen LogP contribution in [-0.4, -0.2) is 16.1 Å². The van der Waals surface area contributed by atoms with Crippen molar-refractivity contribution < 1.29 is 0 Å². The van der Waals surface area contributed by atoms with Gasteiger partial charge in [-0.25, -0.2) is 4.98 Å². The third-order valence-corrected chi connectivity index (χ3v) is 4.84. The Morgan fingerprint density at radius 1 is 1.45 bits per heavy atom. The lowest BCUT2D eigenvalue weighted by Gasteiger charge is -2.20. The van der Waals surface area contributed by atoms with Gasteiger partial charge in [-0.05, 0) is 59.3 Å². The van der Waals surface area contributed by atoms with Gasteiger partial charge in [0, 0.05) is 39.9 Å². The SMILES string of the molecule is CCNC(CCc1nccn1C)c1cc(Br)ccc1I. The minimum atomic E-state index is 0.362. The first-order valence-electron chi connectivity index (χ1n) is 6.76. The zero-order chi connectivity index (χ0) is 14.5. The minimum Gasteiger partial charge on any atom is -0.338 e. The highest BCUT2D eigenvalue weighted by atomic mass is 127. The molecule has 20 heavy (non-hydrogen) atoms. The molecule has 0 aliphatic heterocycles. The molecule has 108 valence electrons. The molecule has 1 aromatic heterocycles. The molecule has 1 N–H and O–H groups in total. The van der Waals surface area contributed by atoms with Crippen LogP contribution in [0.15, 0.2) is 35.1 Å². The molecule has 1 unspecified atom stereocenters. The van der Waals surface area contributed by atoms with Crippen LogP contribution in [0.3, 0.4) is 0 Å². The molecule has 1 atom stereocenters. The number of aromatic nitrogens is 2. The molecule has 1 heterocycles. The topological polar surface area (TPSA) is 29.9 Å². The fourth-order valence-electron chi connectivity index (χ4n) is 2.31. The van der Waals surface area contributed by atoms with Crippen LogP contribution in [0.25, 0.3) is 0 Å². The molecule has 1 aromatic carbocycles. The number of halogens is 2. The summed E-state index contributed by atoms with van der Waals surface area (Å²) in [6.45, 7) is 3.12. The Kier molecular flexibility index (Phi) is 6.04. The maximum absolute atomic E-state index is 4.41. The number of hydrogen-bond acceptors (Lipinski definition) is 2. The van der Waals surface area contributed by atoms with E-state index in [9.17, 15) is 0 Å². The highest BCUT2D eigenvalue weighted by Crippen LogP contribution is 2.27. The third-order valence-electron chi connectivity index (χ3n) is 3.36. The van der Waals surface area contributed by atoms with E-state index in [0.717, 1.165) is 29.7 Å². The van der Waals surface area contributed by atoms with Crippen molar-refractivity contribution in [3.8, 4) is 0 Å². The molecule has 3 nitrogen and oxygen atoms in total. The quantitative estimate of drug-likeness (QED) is 0.676. The maximum Gasteiger partial charge on any atom is 0.108 e. The van der Waals surface area contributed by atoms with Crippen LogP contribution in [-0.2, 0) is 13.5 Å². The summed E-state index contributed by atoms with van der Waals surface area (Å²) in [6.07, 6.45) is 5.88. The summed E-state index contributed by atoms with van der Waals surface area (Å²) < 4.78 is 4.53. The van der Waals surface area contributed by atoms with Crippen LogP contribution < -0.4 is 5.32 Å². The van der Waals surface area contributed by atoms with E-state index >= 15 is 0 Å². The fraction of sp³-hybridized carbons (Fsp3) is 0.400. The second-order valence-corrected chi connectivity index (χ2v) is 6.85. The van der Waals surface area contributed by atoms with Gasteiger partial charge in [0.25, 0.3) is 0 Å². The second-order valence-electron chi connectivity index (χ2n) is 4.77. The zero-order valence-electron chi connectivity index (χ0n) is 11.7. The highest BCUT2D eigenvalue weighted by Gasteiger charge is 2.15. The van der Waals surface area contributed by atoms with Gasteiger partial charge in [0.1, 0.15) is 5.82 Å². The molecule has 0 radical (unpaired) electrons. The van der Waals surface area contributed by atoms with Gasteiger partial charge >= 0.3 is 0 Å². The molecule has 2 rings (SSSR count). The largest absolute Gasteiger partial charge is 0.338 e. The van der Waals surface area contributed by atoms with E-state index in [1.54, 1.807) is 0 Å². The maximum atomic E-state index is 4.41. The van der Waals surface area contributed by atoms with Gasteiger partial charge in [-0.1, -0.05) is 22.9 Å². The van der Waals surface area contributed by atoms with Gasteiger partial charge in [0.05, 0.1) is 0 Å². The van der Waals surface area contributed by atoms with E-state index in [0.29, 0.717) is 6.04 Å². The molecule has 0 aliphatic rings. The van der Waals surface area contributed by atoms with E-state index in [1.807, 2.05) is 19.4 Å².